The maximum Gasteiger partial charge on any atom is 0.0718 e. The minimum absolute atomic E-state index is 0.247. The van der Waals surface area contributed by atoms with Crippen LogP contribution in [0, 0.1) is 5.92 Å². The normalized spacial score (nSPS) is 18.2. The van der Waals surface area contributed by atoms with Gasteiger partial charge in [-0.25, -0.2) is 0 Å². The lowest BCUT2D eigenvalue weighted by Crippen LogP contribution is -2.27. The molecule has 0 saturated heterocycles. The van der Waals surface area contributed by atoms with Gasteiger partial charge in [-0.05, 0) is 25.3 Å². The largest absolute Gasteiger partial charge is 0.327 e. The first-order valence-electron chi connectivity index (χ1n) is 8.48. The van der Waals surface area contributed by atoms with E-state index in [1.807, 2.05) is 0 Å². The quantitative estimate of drug-likeness (QED) is 0.905. The number of para-hydroxylation sites is 1. The summed E-state index contributed by atoms with van der Waals surface area (Å²) in [5.41, 5.74) is 8.84. The molecular weight excluding hydrogens is 258 g/mol. The molecule has 1 aliphatic rings. The fraction of sp³-hybridized carbons (Fsp3) is 0.611. The Morgan fingerprint density at radius 2 is 2.00 bits per heavy atom. The Kier molecular flexibility index (Phi) is 4.59. The number of fused-ring (bicyclic) bond motifs is 1. The molecule has 1 heterocycles. The van der Waals surface area contributed by atoms with Gasteiger partial charge in [0.15, 0.2) is 0 Å². The molecule has 0 aliphatic heterocycles. The molecule has 3 heteroatoms. The lowest BCUT2D eigenvalue weighted by atomic mass is 9.84. The molecule has 0 spiro atoms. The van der Waals surface area contributed by atoms with Gasteiger partial charge >= 0.3 is 0 Å². The van der Waals surface area contributed by atoms with Crippen LogP contribution in [0.25, 0.3) is 10.9 Å². The molecule has 0 amide bonds. The van der Waals surface area contributed by atoms with Crippen LogP contribution in [0.1, 0.15) is 51.1 Å². The minimum atomic E-state index is 0.247. The summed E-state index contributed by atoms with van der Waals surface area (Å²) in [5, 5.41) is 6.05. The lowest BCUT2D eigenvalue weighted by Gasteiger charge is -2.24. The van der Waals surface area contributed by atoms with Gasteiger partial charge in [-0.3, -0.25) is 4.68 Å². The molecule has 2 N–H and O–H groups in total. The van der Waals surface area contributed by atoms with Gasteiger partial charge < -0.3 is 5.73 Å². The Morgan fingerprint density at radius 3 is 2.76 bits per heavy atom. The van der Waals surface area contributed by atoms with Crippen molar-refractivity contribution in [1.82, 2.24) is 9.78 Å². The number of benzene rings is 1. The molecule has 0 radical (unpaired) electrons. The van der Waals surface area contributed by atoms with Crippen LogP contribution < -0.4 is 5.73 Å². The molecule has 114 valence electrons. The van der Waals surface area contributed by atoms with Crippen LogP contribution in [-0.4, -0.2) is 15.8 Å². The Balaban J connectivity index is 1.71. The second kappa shape index (κ2) is 6.61. The number of nitrogens with two attached hydrogens (primary N) is 1. The number of aromatic nitrogens is 2. The molecule has 3 nitrogen and oxygen atoms in total. The van der Waals surface area contributed by atoms with Crippen molar-refractivity contribution in [2.24, 2.45) is 11.7 Å². The van der Waals surface area contributed by atoms with E-state index in [0.29, 0.717) is 0 Å². The predicted octanol–water partition coefficient (Wildman–Crippen LogP) is 3.90. The maximum atomic E-state index is 6.43. The summed E-state index contributed by atoms with van der Waals surface area (Å²) in [6, 6.07) is 8.76. The van der Waals surface area contributed by atoms with Crippen LogP contribution in [0.4, 0.5) is 0 Å². The lowest BCUT2D eigenvalue weighted by molar-refractivity contribution is 0.316. The first-order chi connectivity index (χ1) is 10.3. The summed E-state index contributed by atoms with van der Waals surface area (Å²) in [5.74, 6) is 0.841. The third kappa shape index (κ3) is 3.29. The summed E-state index contributed by atoms with van der Waals surface area (Å²) in [7, 11) is 0. The molecular formula is C18H27N3. The second-order valence-corrected chi connectivity index (χ2v) is 6.48. The zero-order chi connectivity index (χ0) is 14.7. The third-order valence-corrected chi connectivity index (χ3v) is 4.85. The number of hydrogen-bond donors (Lipinski definition) is 1. The van der Waals surface area contributed by atoms with Crippen molar-refractivity contribution in [3.05, 3.63) is 30.0 Å². The SMILES string of the molecule is CCn1nc(CC(N)CC2CCCCC2)c2ccccc21. The highest BCUT2D eigenvalue weighted by Gasteiger charge is 2.19. The van der Waals surface area contributed by atoms with Crippen molar-refractivity contribution in [2.75, 3.05) is 0 Å². The zero-order valence-electron chi connectivity index (χ0n) is 13.1. The molecule has 1 saturated carbocycles. The van der Waals surface area contributed by atoms with E-state index in [9.17, 15) is 0 Å². The van der Waals surface area contributed by atoms with E-state index in [2.05, 4.69) is 35.9 Å². The Morgan fingerprint density at radius 1 is 1.24 bits per heavy atom. The molecule has 1 aromatic heterocycles. The summed E-state index contributed by atoms with van der Waals surface area (Å²) >= 11 is 0. The van der Waals surface area contributed by atoms with Crippen LogP contribution in [0.3, 0.4) is 0 Å². The van der Waals surface area contributed by atoms with Gasteiger partial charge in [0.1, 0.15) is 0 Å². The Bertz CT molecular complexity index is 581. The molecule has 0 bridgehead atoms. The van der Waals surface area contributed by atoms with Gasteiger partial charge in [-0.2, -0.15) is 5.10 Å². The van der Waals surface area contributed by atoms with E-state index in [0.717, 1.165) is 25.3 Å². The van der Waals surface area contributed by atoms with Crippen LogP contribution >= 0.6 is 0 Å². The van der Waals surface area contributed by atoms with Crippen molar-refractivity contribution in [3.63, 3.8) is 0 Å². The van der Waals surface area contributed by atoms with Crippen LogP contribution in [-0.2, 0) is 13.0 Å². The van der Waals surface area contributed by atoms with E-state index in [4.69, 9.17) is 10.8 Å². The first-order valence-corrected chi connectivity index (χ1v) is 8.48. The minimum Gasteiger partial charge on any atom is -0.327 e. The topological polar surface area (TPSA) is 43.8 Å². The van der Waals surface area contributed by atoms with Crippen LogP contribution in [0.15, 0.2) is 24.3 Å². The molecule has 21 heavy (non-hydrogen) atoms. The van der Waals surface area contributed by atoms with E-state index in [1.165, 1.54) is 48.7 Å². The second-order valence-electron chi connectivity index (χ2n) is 6.48. The number of aryl methyl sites for hydroxylation is 1. The highest BCUT2D eigenvalue weighted by Crippen LogP contribution is 2.28. The average Bonchev–Trinajstić information content (AvgIpc) is 2.86. The van der Waals surface area contributed by atoms with Crippen molar-refractivity contribution >= 4 is 10.9 Å². The number of hydrogen-bond acceptors (Lipinski definition) is 2. The fourth-order valence-corrected chi connectivity index (χ4v) is 3.77. The van der Waals surface area contributed by atoms with Crippen molar-refractivity contribution < 1.29 is 0 Å². The van der Waals surface area contributed by atoms with Crippen molar-refractivity contribution in [1.29, 1.82) is 0 Å². The van der Waals surface area contributed by atoms with Gasteiger partial charge in [0, 0.05) is 24.4 Å². The number of nitrogens with zero attached hydrogens (tertiary/aromatic N) is 2. The summed E-state index contributed by atoms with van der Waals surface area (Å²) in [4.78, 5) is 0. The van der Waals surface area contributed by atoms with Crippen LogP contribution in [0.2, 0.25) is 0 Å². The highest BCUT2D eigenvalue weighted by atomic mass is 15.3. The predicted molar refractivity (Wildman–Crippen MR) is 88.3 cm³/mol. The summed E-state index contributed by atoms with van der Waals surface area (Å²) in [6.45, 7) is 3.06. The maximum absolute atomic E-state index is 6.43. The fourth-order valence-electron chi connectivity index (χ4n) is 3.77. The van der Waals surface area contributed by atoms with Gasteiger partial charge in [0.05, 0.1) is 11.2 Å². The number of rotatable bonds is 5. The molecule has 1 aliphatic carbocycles. The summed E-state index contributed by atoms with van der Waals surface area (Å²) < 4.78 is 2.10. The van der Waals surface area contributed by atoms with Crippen molar-refractivity contribution in [2.45, 2.75) is 64.5 Å². The monoisotopic (exact) mass is 285 g/mol. The van der Waals surface area contributed by atoms with E-state index < -0.39 is 0 Å². The smallest absolute Gasteiger partial charge is 0.0718 e. The standard InChI is InChI=1S/C18H27N3/c1-2-21-18-11-7-6-10-16(18)17(20-21)13-15(19)12-14-8-4-3-5-9-14/h6-7,10-11,14-15H,2-5,8-9,12-13,19H2,1H3. The third-order valence-electron chi connectivity index (χ3n) is 4.85. The zero-order valence-corrected chi connectivity index (χ0v) is 13.1. The summed E-state index contributed by atoms with van der Waals surface area (Å²) in [6.07, 6.45) is 9.01. The molecule has 1 fully saturated rings. The van der Waals surface area contributed by atoms with Gasteiger partial charge in [-0.15, -0.1) is 0 Å². The molecule has 1 unspecified atom stereocenters. The van der Waals surface area contributed by atoms with Gasteiger partial charge in [0.2, 0.25) is 0 Å². The van der Waals surface area contributed by atoms with Gasteiger partial charge in [-0.1, -0.05) is 50.3 Å². The molecule has 1 aromatic carbocycles. The van der Waals surface area contributed by atoms with Crippen molar-refractivity contribution in [3.8, 4) is 0 Å². The average molecular weight is 285 g/mol. The molecule has 2 aromatic rings. The molecule has 3 rings (SSSR count). The van der Waals surface area contributed by atoms with E-state index >= 15 is 0 Å². The molecule has 1 atom stereocenters. The van der Waals surface area contributed by atoms with Crippen LogP contribution in [0.5, 0.6) is 0 Å². The highest BCUT2D eigenvalue weighted by molar-refractivity contribution is 5.82. The Hall–Kier alpha value is -1.35. The van der Waals surface area contributed by atoms with E-state index in [-0.39, 0.29) is 6.04 Å². The Labute approximate surface area is 127 Å². The first kappa shape index (κ1) is 14.6. The van der Waals surface area contributed by atoms with Gasteiger partial charge in [0.25, 0.3) is 0 Å². The van der Waals surface area contributed by atoms with E-state index in [1.54, 1.807) is 0 Å².